The normalized spacial score (nSPS) is 24.0. The molecule has 0 saturated heterocycles. The van der Waals surface area contributed by atoms with E-state index in [1.54, 1.807) is 23.1 Å². The van der Waals surface area contributed by atoms with Crippen molar-refractivity contribution < 1.29 is 38.8 Å². The van der Waals surface area contributed by atoms with E-state index < -0.39 is 30.1 Å². The summed E-state index contributed by atoms with van der Waals surface area (Å²) in [6, 6.07) is 2.38. The van der Waals surface area contributed by atoms with Crippen LogP contribution in [-0.4, -0.2) is 91.0 Å². The van der Waals surface area contributed by atoms with Gasteiger partial charge in [-0.05, 0) is 51.3 Å². The molecule has 3 aliphatic rings. The van der Waals surface area contributed by atoms with Crippen molar-refractivity contribution in [1.29, 1.82) is 0 Å². The molecule has 4 unspecified atom stereocenters. The highest BCUT2D eigenvalue weighted by Crippen LogP contribution is 2.51. The molecule has 4 rings (SSSR count). The summed E-state index contributed by atoms with van der Waals surface area (Å²) >= 11 is 0. The summed E-state index contributed by atoms with van der Waals surface area (Å²) in [5, 5.41) is 23.5. The highest BCUT2D eigenvalue weighted by Gasteiger charge is 2.52. The molecule has 2 aliphatic carbocycles. The van der Waals surface area contributed by atoms with E-state index in [0.717, 1.165) is 12.8 Å². The molecule has 0 spiro atoms. The molecular formula is C27H36N2O8. The van der Waals surface area contributed by atoms with Crippen LogP contribution >= 0.6 is 0 Å². The number of methoxy groups -OCH3 is 1. The van der Waals surface area contributed by atoms with E-state index >= 15 is 0 Å². The number of nitrogens with zero attached hydrogens (tertiary/aromatic N) is 1. The van der Waals surface area contributed by atoms with Crippen LogP contribution in [0.1, 0.15) is 54.9 Å². The average molecular weight is 517 g/mol. The predicted octanol–water partition coefficient (Wildman–Crippen LogP) is 1.18. The highest BCUT2D eigenvalue weighted by molar-refractivity contribution is 5.96. The molecule has 10 heteroatoms. The van der Waals surface area contributed by atoms with Crippen molar-refractivity contribution in [3.63, 3.8) is 0 Å². The largest absolute Gasteiger partial charge is 0.493 e. The molecule has 0 radical (unpaired) electrons. The Morgan fingerprint density at radius 1 is 1.30 bits per heavy atom. The fourth-order valence-electron chi connectivity index (χ4n) is 5.08. The van der Waals surface area contributed by atoms with Crippen LogP contribution in [0.4, 0.5) is 0 Å². The van der Waals surface area contributed by atoms with Gasteiger partial charge in [-0.15, -0.1) is 0 Å². The molecule has 10 nitrogen and oxygen atoms in total. The molecule has 0 bridgehead atoms. The van der Waals surface area contributed by atoms with Crippen molar-refractivity contribution in [2.24, 2.45) is 5.92 Å². The van der Waals surface area contributed by atoms with Gasteiger partial charge in [0.05, 0.1) is 31.8 Å². The minimum absolute atomic E-state index is 0.0451. The van der Waals surface area contributed by atoms with E-state index in [0.29, 0.717) is 54.1 Å². The van der Waals surface area contributed by atoms with E-state index in [1.807, 2.05) is 13.8 Å². The number of hydrogen-bond donors (Lipinski definition) is 3. The Morgan fingerprint density at radius 2 is 2.05 bits per heavy atom. The van der Waals surface area contributed by atoms with E-state index in [-0.39, 0.29) is 31.1 Å². The molecule has 37 heavy (non-hydrogen) atoms. The zero-order chi connectivity index (χ0) is 26.7. The summed E-state index contributed by atoms with van der Waals surface area (Å²) in [6.07, 6.45) is 2.55. The lowest BCUT2D eigenvalue weighted by Gasteiger charge is -2.41. The first-order valence-corrected chi connectivity index (χ1v) is 12.8. The van der Waals surface area contributed by atoms with Crippen molar-refractivity contribution in [3.05, 3.63) is 34.9 Å². The molecule has 1 aromatic carbocycles. The predicted molar refractivity (Wildman–Crippen MR) is 134 cm³/mol. The van der Waals surface area contributed by atoms with Crippen molar-refractivity contribution in [1.82, 2.24) is 10.2 Å². The van der Waals surface area contributed by atoms with E-state index in [2.05, 4.69) is 5.32 Å². The molecular weight excluding hydrogens is 480 g/mol. The summed E-state index contributed by atoms with van der Waals surface area (Å²) in [4.78, 5) is 39.9. The van der Waals surface area contributed by atoms with Gasteiger partial charge >= 0.3 is 0 Å². The second-order valence-electron chi connectivity index (χ2n) is 9.98. The zero-order valence-corrected chi connectivity index (χ0v) is 21.5. The Bertz CT molecular complexity index is 1050. The second-order valence-corrected chi connectivity index (χ2v) is 9.98. The number of benzene rings is 1. The summed E-state index contributed by atoms with van der Waals surface area (Å²) in [5.41, 5.74) is 1.21. The monoisotopic (exact) mass is 516 g/mol. The van der Waals surface area contributed by atoms with Crippen molar-refractivity contribution in [3.8, 4) is 11.5 Å². The molecule has 1 aliphatic heterocycles. The Morgan fingerprint density at radius 3 is 2.68 bits per heavy atom. The maximum absolute atomic E-state index is 13.3. The van der Waals surface area contributed by atoms with Crippen molar-refractivity contribution >= 4 is 18.1 Å². The summed E-state index contributed by atoms with van der Waals surface area (Å²) in [7, 11) is 1.45. The van der Waals surface area contributed by atoms with Crippen LogP contribution in [0.2, 0.25) is 0 Å². The first-order chi connectivity index (χ1) is 17.8. The summed E-state index contributed by atoms with van der Waals surface area (Å²) in [5.74, 6) is -0.591. The Balaban J connectivity index is 1.72. The minimum Gasteiger partial charge on any atom is -0.493 e. The van der Waals surface area contributed by atoms with Crippen molar-refractivity contribution in [2.75, 3.05) is 33.4 Å². The van der Waals surface area contributed by atoms with Gasteiger partial charge < -0.3 is 34.6 Å². The van der Waals surface area contributed by atoms with Crippen LogP contribution in [0.15, 0.2) is 23.8 Å². The number of nitrogens with one attached hydrogen (secondary N) is 1. The number of hydrogen-bond acceptors (Lipinski definition) is 8. The summed E-state index contributed by atoms with van der Waals surface area (Å²) in [6.45, 7) is 4.51. The zero-order valence-electron chi connectivity index (χ0n) is 21.5. The number of aliphatic hydroxyl groups excluding tert-OH is 2. The Kier molecular flexibility index (Phi) is 8.51. The van der Waals surface area contributed by atoms with Gasteiger partial charge in [0.15, 0.2) is 11.5 Å². The maximum Gasteiger partial charge on any atom is 0.247 e. The standard InChI is InChI=1S/C27H36N2O8/c1-15(2)36-10-4-8-29(27(34)17-5-6-17)20-13-19(26(33)28-7-9-30)22-18-11-16(14-31)12-21(35-3)24(18)37-25(22)23(20)32/h11-15,17,20,22-23,25,30,32H,4-10H2,1-3H3,(H,28,33). The van der Waals surface area contributed by atoms with Gasteiger partial charge in [-0.25, -0.2) is 0 Å². The average Bonchev–Trinajstić information content (AvgIpc) is 3.67. The minimum atomic E-state index is -1.13. The third-order valence-corrected chi connectivity index (χ3v) is 6.97. The number of amides is 2. The van der Waals surface area contributed by atoms with Crippen molar-refractivity contribution in [2.45, 2.75) is 63.4 Å². The van der Waals surface area contributed by atoms with E-state index in [9.17, 15) is 24.6 Å². The molecule has 0 aromatic heterocycles. The van der Waals surface area contributed by atoms with Crippen LogP contribution in [0.5, 0.6) is 11.5 Å². The van der Waals surface area contributed by atoms with Crippen LogP contribution in [0.3, 0.4) is 0 Å². The van der Waals surface area contributed by atoms with Crippen LogP contribution < -0.4 is 14.8 Å². The number of aldehydes is 1. The molecule has 1 heterocycles. The smallest absolute Gasteiger partial charge is 0.247 e. The lowest BCUT2D eigenvalue weighted by Crippen LogP contribution is -2.56. The molecule has 1 fully saturated rings. The van der Waals surface area contributed by atoms with E-state index in [4.69, 9.17) is 14.2 Å². The molecule has 3 N–H and O–H groups in total. The highest BCUT2D eigenvalue weighted by atomic mass is 16.5. The van der Waals surface area contributed by atoms with Gasteiger partial charge in [0, 0.05) is 42.3 Å². The quantitative estimate of drug-likeness (QED) is 0.279. The van der Waals surface area contributed by atoms with Gasteiger partial charge in [0.1, 0.15) is 18.5 Å². The number of carbonyl (C=O) groups excluding carboxylic acids is 3. The fourth-order valence-corrected chi connectivity index (χ4v) is 5.08. The topological polar surface area (TPSA) is 135 Å². The number of aliphatic hydroxyl groups is 2. The summed E-state index contributed by atoms with van der Waals surface area (Å²) < 4.78 is 17.3. The van der Waals surface area contributed by atoms with Gasteiger partial charge in [0.25, 0.3) is 0 Å². The van der Waals surface area contributed by atoms with Gasteiger partial charge in [-0.1, -0.05) is 0 Å². The third-order valence-electron chi connectivity index (χ3n) is 6.97. The SMILES string of the molecule is COc1cc(C=O)cc2c1OC1C2C(C(=O)NCCO)=CC(N(CCCOC(C)C)C(=O)C2CC2)C1O. The fraction of sp³-hybridized carbons (Fsp3) is 0.593. The Labute approximate surface area is 216 Å². The molecule has 1 saturated carbocycles. The van der Waals surface area contributed by atoms with Gasteiger partial charge in [0.2, 0.25) is 11.8 Å². The molecule has 202 valence electrons. The Hall–Kier alpha value is -2.95. The number of ether oxygens (including phenoxy) is 3. The lowest BCUT2D eigenvalue weighted by atomic mass is 9.77. The lowest BCUT2D eigenvalue weighted by molar-refractivity contribution is -0.138. The van der Waals surface area contributed by atoms with Gasteiger partial charge in [-0.2, -0.15) is 0 Å². The number of rotatable bonds is 12. The number of carbonyl (C=O) groups is 3. The number of fused-ring (bicyclic) bond motifs is 3. The first kappa shape index (κ1) is 27.1. The van der Waals surface area contributed by atoms with E-state index in [1.165, 1.54) is 7.11 Å². The second kappa shape index (κ2) is 11.6. The molecule has 2 amide bonds. The molecule has 4 atom stereocenters. The van der Waals surface area contributed by atoms with Gasteiger partial charge in [-0.3, -0.25) is 14.4 Å². The third kappa shape index (κ3) is 5.66. The first-order valence-electron chi connectivity index (χ1n) is 12.8. The van der Waals surface area contributed by atoms with Crippen LogP contribution in [0.25, 0.3) is 0 Å². The molecule has 1 aromatic rings. The maximum atomic E-state index is 13.3. The van der Waals surface area contributed by atoms with Crippen LogP contribution in [-0.2, 0) is 14.3 Å². The van der Waals surface area contributed by atoms with Crippen LogP contribution in [0, 0.1) is 5.92 Å².